The average molecular weight is 327 g/mol. The summed E-state index contributed by atoms with van der Waals surface area (Å²) in [5, 5.41) is 5.32. The molecule has 0 radical (unpaired) electrons. The molecule has 0 spiro atoms. The molecule has 2 aromatic carbocycles. The number of ether oxygens (including phenoxy) is 1. The Morgan fingerprint density at radius 3 is 2.58 bits per heavy atom. The Bertz CT molecular complexity index is 698. The van der Waals surface area contributed by atoms with Crippen LogP contribution in [0.25, 0.3) is 10.8 Å². The third kappa shape index (κ3) is 3.75. The zero-order valence-corrected chi connectivity index (χ0v) is 13.8. The van der Waals surface area contributed by atoms with Gasteiger partial charge in [0.2, 0.25) is 5.91 Å². The van der Waals surface area contributed by atoms with Crippen LogP contribution in [0.2, 0.25) is 0 Å². The van der Waals surface area contributed by atoms with E-state index in [1.165, 1.54) is 5.39 Å². The number of nitrogens with two attached hydrogens (primary N) is 2. The van der Waals surface area contributed by atoms with Crippen LogP contribution in [-0.4, -0.2) is 31.7 Å². The van der Waals surface area contributed by atoms with E-state index in [9.17, 15) is 4.79 Å². The van der Waals surface area contributed by atoms with E-state index in [1.54, 1.807) is 0 Å². The predicted molar refractivity (Wildman–Crippen MR) is 95.4 cm³/mol. The van der Waals surface area contributed by atoms with Gasteiger partial charge in [0.05, 0.1) is 12.1 Å². The van der Waals surface area contributed by atoms with Gasteiger partial charge in [0.15, 0.2) is 0 Å². The molecule has 1 aliphatic rings. The van der Waals surface area contributed by atoms with Gasteiger partial charge in [-0.3, -0.25) is 4.79 Å². The van der Waals surface area contributed by atoms with Crippen LogP contribution in [0.5, 0.6) is 0 Å². The Morgan fingerprint density at radius 1 is 1.17 bits per heavy atom. The van der Waals surface area contributed by atoms with E-state index in [4.69, 9.17) is 16.2 Å². The number of fused-ring (bicyclic) bond motifs is 1. The zero-order valence-electron chi connectivity index (χ0n) is 13.8. The third-order valence-corrected chi connectivity index (χ3v) is 4.80. The minimum atomic E-state index is -0.511. The zero-order chi connectivity index (χ0) is 16.9. The van der Waals surface area contributed by atoms with Gasteiger partial charge in [-0.1, -0.05) is 36.4 Å². The Balaban J connectivity index is 1.71. The molecule has 1 amide bonds. The van der Waals surface area contributed by atoms with Crippen molar-refractivity contribution in [3.8, 4) is 0 Å². The lowest BCUT2D eigenvalue weighted by molar-refractivity contribution is -0.125. The second-order valence-corrected chi connectivity index (χ2v) is 6.38. The lowest BCUT2D eigenvalue weighted by atomic mass is 9.91. The molecule has 5 nitrogen and oxygen atoms in total. The van der Waals surface area contributed by atoms with E-state index >= 15 is 0 Å². The molecule has 0 aromatic heterocycles. The van der Waals surface area contributed by atoms with Crippen molar-refractivity contribution in [3.05, 3.63) is 48.0 Å². The maximum absolute atomic E-state index is 12.5. The van der Waals surface area contributed by atoms with Crippen LogP contribution >= 0.6 is 0 Å². The molecule has 2 aromatic rings. The van der Waals surface area contributed by atoms with Crippen LogP contribution in [0.15, 0.2) is 42.5 Å². The normalized spacial score (nSPS) is 18.2. The SMILES string of the molecule is NCC(NC(=O)C(N)C1CCOCC1)c1ccc2ccccc2c1. The predicted octanol–water partition coefficient (Wildman–Crippen LogP) is 1.71. The molecule has 5 N–H and O–H groups in total. The van der Waals surface area contributed by atoms with Crippen molar-refractivity contribution in [2.75, 3.05) is 19.8 Å². The lowest BCUT2D eigenvalue weighted by Gasteiger charge is -2.28. The minimum Gasteiger partial charge on any atom is -0.381 e. The summed E-state index contributed by atoms with van der Waals surface area (Å²) in [6, 6.07) is 13.5. The number of carbonyl (C=O) groups excluding carboxylic acids is 1. The van der Waals surface area contributed by atoms with Gasteiger partial charge in [0, 0.05) is 19.8 Å². The fraction of sp³-hybridized carbons (Fsp3) is 0.421. The van der Waals surface area contributed by atoms with Crippen molar-refractivity contribution in [2.45, 2.75) is 24.9 Å². The van der Waals surface area contributed by atoms with Gasteiger partial charge in [-0.2, -0.15) is 0 Å². The second-order valence-electron chi connectivity index (χ2n) is 6.38. The van der Waals surface area contributed by atoms with Crippen molar-refractivity contribution in [2.24, 2.45) is 17.4 Å². The Kier molecular flexibility index (Phi) is 5.45. The number of benzene rings is 2. The second kappa shape index (κ2) is 7.75. The molecule has 1 heterocycles. The van der Waals surface area contributed by atoms with Crippen molar-refractivity contribution < 1.29 is 9.53 Å². The lowest BCUT2D eigenvalue weighted by Crippen LogP contribution is -2.49. The van der Waals surface area contributed by atoms with Crippen molar-refractivity contribution in [1.29, 1.82) is 0 Å². The Morgan fingerprint density at radius 2 is 1.88 bits per heavy atom. The fourth-order valence-electron chi connectivity index (χ4n) is 3.26. The van der Waals surface area contributed by atoms with Gasteiger partial charge in [-0.15, -0.1) is 0 Å². The summed E-state index contributed by atoms with van der Waals surface area (Å²) in [6.45, 7) is 1.69. The molecule has 0 bridgehead atoms. The first kappa shape index (κ1) is 16.9. The highest BCUT2D eigenvalue weighted by molar-refractivity contribution is 5.84. The van der Waals surface area contributed by atoms with E-state index in [1.807, 2.05) is 18.2 Å². The van der Waals surface area contributed by atoms with Gasteiger partial charge >= 0.3 is 0 Å². The molecule has 0 saturated carbocycles. The van der Waals surface area contributed by atoms with Gasteiger partial charge < -0.3 is 21.5 Å². The summed E-state index contributed by atoms with van der Waals surface area (Å²) in [4.78, 5) is 12.5. The Hall–Kier alpha value is -1.95. The van der Waals surface area contributed by atoms with Crippen LogP contribution in [0.1, 0.15) is 24.4 Å². The molecule has 1 fully saturated rings. The number of carbonyl (C=O) groups is 1. The highest BCUT2D eigenvalue weighted by atomic mass is 16.5. The quantitative estimate of drug-likeness (QED) is 0.780. The van der Waals surface area contributed by atoms with Crippen molar-refractivity contribution in [1.82, 2.24) is 5.32 Å². The maximum Gasteiger partial charge on any atom is 0.237 e. The molecule has 3 rings (SSSR count). The molecule has 2 unspecified atom stereocenters. The molecule has 128 valence electrons. The van der Waals surface area contributed by atoms with E-state index < -0.39 is 6.04 Å². The first-order valence-electron chi connectivity index (χ1n) is 8.51. The molecule has 0 aliphatic carbocycles. The molecule has 5 heteroatoms. The Labute approximate surface area is 142 Å². The van der Waals surface area contributed by atoms with Gasteiger partial charge in [-0.25, -0.2) is 0 Å². The summed E-state index contributed by atoms with van der Waals surface area (Å²) >= 11 is 0. The smallest absolute Gasteiger partial charge is 0.237 e. The molecule has 2 atom stereocenters. The minimum absolute atomic E-state index is 0.134. The average Bonchev–Trinajstić information content (AvgIpc) is 2.65. The monoisotopic (exact) mass is 327 g/mol. The molecule has 1 saturated heterocycles. The van der Waals surface area contributed by atoms with Crippen molar-refractivity contribution in [3.63, 3.8) is 0 Å². The van der Waals surface area contributed by atoms with Crippen LogP contribution in [0, 0.1) is 5.92 Å². The number of amides is 1. The summed E-state index contributed by atoms with van der Waals surface area (Å²) in [7, 11) is 0. The molecule has 1 aliphatic heterocycles. The van der Waals surface area contributed by atoms with Crippen LogP contribution in [0.3, 0.4) is 0 Å². The summed E-state index contributed by atoms with van der Waals surface area (Å²) in [5.74, 6) is 0.0410. The molecular weight excluding hydrogens is 302 g/mol. The maximum atomic E-state index is 12.5. The highest BCUT2D eigenvalue weighted by Crippen LogP contribution is 2.22. The van der Waals surface area contributed by atoms with E-state index in [-0.39, 0.29) is 17.9 Å². The summed E-state index contributed by atoms with van der Waals surface area (Å²) in [6.07, 6.45) is 1.66. The van der Waals surface area contributed by atoms with Crippen LogP contribution in [0.4, 0.5) is 0 Å². The standard InChI is InChI=1S/C19H25N3O2/c20-12-17(16-6-5-13-3-1-2-4-15(13)11-16)22-19(23)18(21)14-7-9-24-10-8-14/h1-6,11,14,17-18H,7-10,12,20-21H2,(H,22,23). The van der Waals surface area contributed by atoms with Crippen molar-refractivity contribution >= 4 is 16.7 Å². The van der Waals surface area contributed by atoms with Gasteiger partial charge in [-0.05, 0) is 41.2 Å². The van der Waals surface area contributed by atoms with Crippen LogP contribution in [-0.2, 0) is 9.53 Å². The molecule has 24 heavy (non-hydrogen) atoms. The van der Waals surface area contributed by atoms with E-state index in [0.717, 1.165) is 23.8 Å². The van der Waals surface area contributed by atoms with Crippen LogP contribution < -0.4 is 16.8 Å². The summed E-state index contributed by atoms with van der Waals surface area (Å²) < 4.78 is 5.33. The van der Waals surface area contributed by atoms with E-state index in [2.05, 4.69) is 29.6 Å². The van der Waals surface area contributed by atoms with E-state index in [0.29, 0.717) is 19.8 Å². The number of hydrogen-bond donors (Lipinski definition) is 3. The number of rotatable bonds is 5. The first-order chi connectivity index (χ1) is 11.7. The third-order valence-electron chi connectivity index (χ3n) is 4.80. The number of hydrogen-bond acceptors (Lipinski definition) is 4. The highest BCUT2D eigenvalue weighted by Gasteiger charge is 2.28. The summed E-state index contributed by atoms with van der Waals surface area (Å²) in [5.41, 5.74) is 13.1. The number of nitrogens with one attached hydrogen (secondary N) is 1. The van der Waals surface area contributed by atoms with Gasteiger partial charge in [0.1, 0.15) is 0 Å². The topological polar surface area (TPSA) is 90.4 Å². The largest absolute Gasteiger partial charge is 0.381 e. The first-order valence-corrected chi connectivity index (χ1v) is 8.51. The molecular formula is C19H25N3O2. The fourth-order valence-corrected chi connectivity index (χ4v) is 3.26. The van der Waals surface area contributed by atoms with Gasteiger partial charge in [0.25, 0.3) is 0 Å².